The van der Waals surface area contributed by atoms with E-state index >= 15 is 0 Å². The molecule has 1 amide bonds. The van der Waals surface area contributed by atoms with Crippen molar-refractivity contribution in [2.75, 3.05) is 24.8 Å². The molecule has 0 spiro atoms. The van der Waals surface area contributed by atoms with E-state index in [2.05, 4.69) is 20.5 Å². The lowest BCUT2D eigenvalue weighted by Crippen LogP contribution is -2.17. The highest BCUT2D eigenvalue weighted by Gasteiger charge is 2.15. The van der Waals surface area contributed by atoms with Crippen LogP contribution in [0, 0.1) is 0 Å². The number of rotatable bonds is 8. The lowest BCUT2D eigenvalue weighted by molar-refractivity contribution is -0.113. The number of thioether (sulfide) groups is 1. The first kappa shape index (κ1) is 20.4. The highest BCUT2D eigenvalue weighted by atomic mass is 32.2. The number of esters is 1. The highest BCUT2D eigenvalue weighted by Crippen LogP contribution is 2.22. The molecule has 0 radical (unpaired) electrons. The van der Waals surface area contributed by atoms with Gasteiger partial charge in [0.05, 0.1) is 30.7 Å². The minimum absolute atomic E-state index is 0.0943. The third kappa shape index (κ3) is 5.35. The van der Waals surface area contributed by atoms with Gasteiger partial charge in [-0.25, -0.2) is 9.78 Å². The monoisotopic (exact) mass is 412 g/mol. The van der Waals surface area contributed by atoms with Gasteiger partial charge in [0.15, 0.2) is 5.82 Å². The molecule has 0 bridgehead atoms. The summed E-state index contributed by atoms with van der Waals surface area (Å²) in [6.07, 6.45) is 0. The smallest absolute Gasteiger partial charge is 0.340 e. The van der Waals surface area contributed by atoms with Crippen molar-refractivity contribution in [2.45, 2.75) is 12.1 Å². The van der Waals surface area contributed by atoms with Crippen molar-refractivity contribution in [1.29, 1.82) is 0 Å². The topological polar surface area (TPSA) is 106 Å². The second-order valence-corrected chi connectivity index (χ2v) is 6.74. The number of anilines is 1. The summed E-state index contributed by atoms with van der Waals surface area (Å²) in [6, 6.07) is 14.1. The summed E-state index contributed by atoms with van der Waals surface area (Å²) in [5.41, 5.74) is 1.58. The van der Waals surface area contributed by atoms with Gasteiger partial charge in [-0.2, -0.15) is 0 Å². The number of aromatic nitrogens is 3. The van der Waals surface area contributed by atoms with Crippen LogP contribution in [0.4, 0.5) is 5.69 Å². The molecule has 8 nitrogen and oxygen atoms in total. The van der Waals surface area contributed by atoms with Crippen LogP contribution in [-0.4, -0.2) is 46.5 Å². The average Bonchev–Trinajstić information content (AvgIpc) is 3.22. The van der Waals surface area contributed by atoms with Crippen molar-refractivity contribution in [3.05, 3.63) is 54.1 Å². The molecule has 3 rings (SSSR count). The second kappa shape index (κ2) is 9.74. The Hall–Kier alpha value is -3.33. The predicted octanol–water partition coefficient (Wildman–Crippen LogP) is 3.39. The van der Waals surface area contributed by atoms with Crippen LogP contribution in [-0.2, 0) is 9.53 Å². The van der Waals surface area contributed by atoms with Crippen LogP contribution in [0.15, 0.2) is 53.7 Å². The molecule has 1 aromatic heterocycles. The van der Waals surface area contributed by atoms with E-state index in [0.29, 0.717) is 22.2 Å². The van der Waals surface area contributed by atoms with Gasteiger partial charge < -0.3 is 14.8 Å². The number of methoxy groups -OCH3 is 1. The van der Waals surface area contributed by atoms with Gasteiger partial charge >= 0.3 is 5.97 Å². The second-order valence-electron chi connectivity index (χ2n) is 5.80. The Morgan fingerprint density at radius 3 is 2.62 bits per heavy atom. The van der Waals surface area contributed by atoms with Gasteiger partial charge in [0.25, 0.3) is 0 Å². The van der Waals surface area contributed by atoms with Crippen LogP contribution < -0.4 is 10.1 Å². The Labute approximate surface area is 172 Å². The van der Waals surface area contributed by atoms with E-state index in [4.69, 9.17) is 9.47 Å². The Morgan fingerprint density at radius 2 is 1.90 bits per heavy atom. The summed E-state index contributed by atoms with van der Waals surface area (Å²) in [4.78, 5) is 28.7. The van der Waals surface area contributed by atoms with Crippen LogP contribution >= 0.6 is 11.8 Å². The summed E-state index contributed by atoms with van der Waals surface area (Å²) < 4.78 is 10.1. The van der Waals surface area contributed by atoms with Crippen molar-refractivity contribution >= 4 is 29.3 Å². The number of H-pyrrole nitrogens is 1. The molecule has 2 aromatic carbocycles. The molecule has 0 fully saturated rings. The maximum Gasteiger partial charge on any atom is 0.340 e. The van der Waals surface area contributed by atoms with E-state index in [1.807, 2.05) is 24.3 Å². The number of para-hydroxylation sites is 1. The lowest BCUT2D eigenvalue weighted by Gasteiger charge is -2.09. The summed E-state index contributed by atoms with van der Waals surface area (Å²) in [7, 11) is 1.61. The van der Waals surface area contributed by atoms with E-state index < -0.39 is 5.97 Å². The zero-order valence-corrected chi connectivity index (χ0v) is 16.8. The van der Waals surface area contributed by atoms with Gasteiger partial charge in [-0.1, -0.05) is 23.9 Å². The minimum atomic E-state index is -0.478. The highest BCUT2D eigenvalue weighted by molar-refractivity contribution is 7.99. The molecule has 1 heterocycles. The van der Waals surface area contributed by atoms with E-state index in [0.717, 1.165) is 11.3 Å². The Kier molecular flexibility index (Phi) is 6.85. The Morgan fingerprint density at radius 1 is 1.14 bits per heavy atom. The number of carbonyl (C=O) groups excluding carboxylic acids is 2. The lowest BCUT2D eigenvalue weighted by atomic mass is 10.2. The quantitative estimate of drug-likeness (QED) is 0.431. The molecule has 2 N–H and O–H groups in total. The third-order valence-corrected chi connectivity index (χ3v) is 4.70. The molecule has 0 atom stereocenters. The molecule has 0 saturated carbocycles. The number of ether oxygens (including phenoxy) is 2. The fraction of sp³-hybridized carbons (Fsp3) is 0.200. The molecule has 0 saturated heterocycles. The fourth-order valence-corrected chi connectivity index (χ4v) is 3.08. The number of hydrogen-bond donors (Lipinski definition) is 2. The third-order valence-electron chi connectivity index (χ3n) is 3.86. The van der Waals surface area contributed by atoms with Gasteiger partial charge in [0.1, 0.15) is 5.75 Å². The molecule has 0 aliphatic heterocycles. The van der Waals surface area contributed by atoms with Gasteiger partial charge in [-0.15, -0.1) is 5.10 Å². The first-order valence-electron chi connectivity index (χ1n) is 8.86. The molecule has 9 heteroatoms. The van der Waals surface area contributed by atoms with Crippen LogP contribution in [0.3, 0.4) is 0 Å². The van der Waals surface area contributed by atoms with Crippen LogP contribution in [0.1, 0.15) is 17.3 Å². The first-order chi connectivity index (χ1) is 14.1. The van der Waals surface area contributed by atoms with Crippen molar-refractivity contribution in [1.82, 2.24) is 15.2 Å². The number of nitrogens with zero attached hydrogens (tertiary/aromatic N) is 2. The van der Waals surface area contributed by atoms with Gasteiger partial charge in [0.2, 0.25) is 11.1 Å². The number of carbonyl (C=O) groups is 2. The molecule has 3 aromatic rings. The number of amides is 1. The SMILES string of the molecule is CCOC(=O)c1ccccc1NC(=O)CSc1n[nH]c(-c2ccc(OC)cc2)n1. The summed E-state index contributed by atoms with van der Waals surface area (Å²) in [6.45, 7) is 1.99. The Balaban J connectivity index is 1.59. The predicted molar refractivity (Wildman–Crippen MR) is 110 cm³/mol. The molecular formula is C20H20N4O4S. The van der Waals surface area contributed by atoms with Crippen molar-refractivity contribution < 1.29 is 19.1 Å². The number of aromatic amines is 1. The summed E-state index contributed by atoms with van der Waals surface area (Å²) in [5, 5.41) is 10.2. The molecule has 0 aliphatic rings. The maximum atomic E-state index is 12.3. The van der Waals surface area contributed by atoms with Crippen molar-refractivity contribution in [2.24, 2.45) is 0 Å². The molecule has 150 valence electrons. The summed E-state index contributed by atoms with van der Waals surface area (Å²) in [5.74, 6) is 0.694. The normalized spacial score (nSPS) is 10.4. The van der Waals surface area contributed by atoms with Gasteiger partial charge in [-0.3, -0.25) is 9.89 Å². The Bertz CT molecular complexity index is 988. The first-order valence-corrected chi connectivity index (χ1v) is 9.85. The summed E-state index contributed by atoms with van der Waals surface area (Å²) >= 11 is 1.19. The van der Waals surface area contributed by atoms with Gasteiger partial charge in [-0.05, 0) is 43.3 Å². The van der Waals surface area contributed by atoms with Gasteiger partial charge in [0, 0.05) is 5.56 Å². The number of nitrogens with one attached hydrogen (secondary N) is 2. The largest absolute Gasteiger partial charge is 0.497 e. The molecule has 29 heavy (non-hydrogen) atoms. The number of hydrogen-bond acceptors (Lipinski definition) is 7. The maximum absolute atomic E-state index is 12.3. The van der Waals surface area contributed by atoms with E-state index in [1.165, 1.54) is 11.8 Å². The number of benzene rings is 2. The van der Waals surface area contributed by atoms with E-state index in [9.17, 15) is 9.59 Å². The minimum Gasteiger partial charge on any atom is -0.497 e. The van der Waals surface area contributed by atoms with E-state index in [-0.39, 0.29) is 18.3 Å². The van der Waals surface area contributed by atoms with E-state index in [1.54, 1.807) is 38.3 Å². The van der Waals surface area contributed by atoms with Crippen LogP contribution in [0.25, 0.3) is 11.4 Å². The zero-order chi connectivity index (χ0) is 20.6. The van der Waals surface area contributed by atoms with Crippen molar-refractivity contribution in [3.63, 3.8) is 0 Å². The zero-order valence-electron chi connectivity index (χ0n) is 16.0. The fourth-order valence-electron chi connectivity index (χ4n) is 2.48. The average molecular weight is 412 g/mol. The standard InChI is InChI=1S/C20H20N4O4S/c1-3-28-19(26)15-6-4-5-7-16(15)21-17(25)12-29-20-22-18(23-24-20)13-8-10-14(27-2)11-9-13/h4-11H,3,12H2,1-2H3,(H,21,25)(H,22,23,24). The molecular weight excluding hydrogens is 392 g/mol. The van der Waals surface area contributed by atoms with Crippen LogP contribution in [0.5, 0.6) is 5.75 Å². The molecule has 0 unspecified atom stereocenters. The van der Waals surface area contributed by atoms with Crippen molar-refractivity contribution in [3.8, 4) is 17.1 Å². The molecule has 0 aliphatic carbocycles. The van der Waals surface area contributed by atoms with Crippen LogP contribution in [0.2, 0.25) is 0 Å².